The van der Waals surface area contributed by atoms with Crippen molar-refractivity contribution in [1.82, 2.24) is 10.2 Å². The van der Waals surface area contributed by atoms with Crippen molar-refractivity contribution in [2.75, 3.05) is 26.0 Å². The van der Waals surface area contributed by atoms with E-state index in [0.29, 0.717) is 0 Å². The molecule has 4 heteroatoms. The molecule has 4 nitrogen and oxygen atoms in total. The second-order valence-corrected chi connectivity index (χ2v) is 5.69. The summed E-state index contributed by atoms with van der Waals surface area (Å²) in [5, 5.41) is 6.22. The number of nitrogens with one attached hydrogen (secondary N) is 2. The fourth-order valence-electron chi connectivity index (χ4n) is 1.58. The highest BCUT2D eigenvalue weighted by Crippen LogP contribution is 2.11. The molecule has 0 aliphatic heterocycles. The lowest BCUT2D eigenvalue weighted by Crippen LogP contribution is -2.46. The molecule has 1 aromatic carbocycles. The van der Waals surface area contributed by atoms with Crippen LogP contribution in [-0.4, -0.2) is 37.0 Å². The summed E-state index contributed by atoms with van der Waals surface area (Å²) in [4.78, 5) is 13.1. The first-order valence-corrected chi connectivity index (χ1v) is 6.56. The number of anilines is 1. The normalized spacial score (nSPS) is 11.7. The molecule has 0 saturated heterocycles. The largest absolute Gasteiger partial charge is 0.326 e. The van der Waals surface area contributed by atoms with Gasteiger partial charge in [-0.1, -0.05) is 12.1 Å². The minimum absolute atomic E-state index is 0.0430. The molecule has 2 N–H and O–H groups in total. The van der Waals surface area contributed by atoms with Crippen molar-refractivity contribution in [2.45, 2.75) is 32.9 Å². The van der Waals surface area contributed by atoms with Crippen LogP contribution in [0.3, 0.4) is 0 Å². The molecule has 0 radical (unpaired) electrons. The van der Waals surface area contributed by atoms with Crippen molar-refractivity contribution >= 4 is 11.6 Å². The summed E-state index contributed by atoms with van der Waals surface area (Å²) >= 11 is 0. The molecule has 0 bridgehead atoms. The Kier molecular flexibility index (Phi) is 5.51. The molecule has 106 valence electrons. The van der Waals surface area contributed by atoms with Crippen molar-refractivity contribution in [1.29, 1.82) is 0 Å². The molecule has 0 fully saturated rings. The first kappa shape index (κ1) is 15.7. The number of benzene rings is 1. The zero-order chi connectivity index (χ0) is 14.5. The minimum Gasteiger partial charge on any atom is -0.326 e. The SMILES string of the molecule is CC(=O)Nc1ccc(CNCC(C)(C)N(C)C)cc1. The zero-order valence-electron chi connectivity index (χ0n) is 12.6. The Labute approximate surface area is 116 Å². The van der Waals surface area contributed by atoms with Gasteiger partial charge in [-0.15, -0.1) is 0 Å². The fraction of sp³-hybridized carbons (Fsp3) is 0.533. The van der Waals surface area contributed by atoms with Crippen LogP contribution in [0.4, 0.5) is 5.69 Å². The zero-order valence-corrected chi connectivity index (χ0v) is 12.6. The van der Waals surface area contributed by atoms with Gasteiger partial charge in [-0.25, -0.2) is 0 Å². The number of likely N-dealkylation sites (N-methyl/N-ethyl adjacent to an activating group) is 1. The van der Waals surface area contributed by atoms with E-state index >= 15 is 0 Å². The number of carbonyl (C=O) groups is 1. The third kappa shape index (κ3) is 5.41. The molecule has 0 aromatic heterocycles. The molecular weight excluding hydrogens is 238 g/mol. The standard InChI is InChI=1S/C15H25N3O/c1-12(19)17-14-8-6-13(7-9-14)10-16-11-15(2,3)18(4)5/h6-9,16H,10-11H2,1-5H3,(H,17,19). The molecule has 0 heterocycles. The van der Waals surface area contributed by atoms with Gasteiger partial charge in [0, 0.05) is 31.2 Å². The van der Waals surface area contributed by atoms with E-state index in [1.807, 2.05) is 24.3 Å². The first-order valence-electron chi connectivity index (χ1n) is 6.56. The van der Waals surface area contributed by atoms with Gasteiger partial charge in [-0.05, 0) is 45.6 Å². The molecule has 1 aromatic rings. The van der Waals surface area contributed by atoms with Crippen LogP contribution >= 0.6 is 0 Å². The third-order valence-corrected chi connectivity index (χ3v) is 3.37. The lowest BCUT2D eigenvalue weighted by Gasteiger charge is -2.32. The van der Waals surface area contributed by atoms with E-state index in [1.54, 1.807) is 0 Å². The molecule has 19 heavy (non-hydrogen) atoms. The second-order valence-electron chi connectivity index (χ2n) is 5.69. The van der Waals surface area contributed by atoms with E-state index in [1.165, 1.54) is 12.5 Å². The molecule has 1 rings (SSSR count). The van der Waals surface area contributed by atoms with Crippen molar-refractivity contribution in [3.63, 3.8) is 0 Å². The summed E-state index contributed by atoms with van der Waals surface area (Å²) in [6.07, 6.45) is 0. The number of hydrogen-bond donors (Lipinski definition) is 2. The maximum Gasteiger partial charge on any atom is 0.221 e. The van der Waals surface area contributed by atoms with Crippen LogP contribution in [0.2, 0.25) is 0 Å². The highest BCUT2D eigenvalue weighted by Gasteiger charge is 2.19. The number of amides is 1. The summed E-state index contributed by atoms with van der Waals surface area (Å²) in [7, 11) is 4.17. The second kappa shape index (κ2) is 6.68. The first-order chi connectivity index (χ1) is 8.81. The van der Waals surface area contributed by atoms with Gasteiger partial charge in [0.2, 0.25) is 5.91 Å². The lowest BCUT2D eigenvalue weighted by atomic mass is 10.0. The predicted molar refractivity (Wildman–Crippen MR) is 80.2 cm³/mol. The van der Waals surface area contributed by atoms with Crippen molar-refractivity contribution in [3.8, 4) is 0 Å². The number of rotatable bonds is 6. The van der Waals surface area contributed by atoms with Crippen molar-refractivity contribution in [2.24, 2.45) is 0 Å². The Morgan fingerprint density at radius 2 is 1.79 bits per heavy atom. The highest BCUT2D eigenvalue weighted by molar-refractivity contribution is 5.88. The monoisotopic (exact) mass is 263 g/mol. The number of hydrogen-bond acceptors (Lipinski definition) is 3. The maximum atomic E-state index is 10.9. The van der Waals surface area contributed by atoms with Crippen LogP contribution in [0.25, 0.3) is 0 Å². The average Bonchev–Trinajstić information content (AvgIpc) is 2.30. The van der Waals surface area contributed by atoms with Crippen LogP contribution in [-0.2, 0) is 11.3 Å². The Morgan fingerprint density at radius 3 is 2.26 bits per heavy atom. The van der Waals surface area contributed by atoms with Crippen LogP contribution in [0.1, 0.15) is 26.3 Å². The quantitative estimate of drug-likeness (QED) is 0.826. The van der Waals surface area contributed by atoms with Gasteiger partial charge in [0.1, 0.15) is 0 Å². The van der Waals surface area contributed by atoms with E-state index in [2.05, 4.69) is 43.5 Å². The Balaban J connectivity index is 2.44. The molecule has 1 amide bonds. The van der Waals surface area contributed by atoms with Gasteiger partial charge >= 0.3 is 0 Å². The Bertz CT molecular complexity index is 410. The topological polar surface area (TPSA) is 44.4 Å². The summed E-state index contributed by atoms with van der Waals surface area (Å²) in [5.41, 5.74) is 2.18. The van der Waals surface area contributed by atoms with Crippen LogP contribution in [0.5, 0.6) is 0 Å². The van der Waals surface area contributed by atoms with E-state index in [-0.39, 0.29) is 11.4 Å². The third-order valence-electron chi connectivity index (χ3n) is 3.37. The van der Waals surface area contributed by atoms with Gasteiger partial charge in [-0.3, -0.25) is 4.79 Å². The molecule has 0 aliphatic rings. The molecule has 0 spiro atoms. The van der Waals surface area contributed by atoms with Gasteiger partial charge in [0.15, 0.2) is 0 Å². The summed E-state index contributed by atoms with van der Waals surface area (Å²) < 4.78 is 0. The van der Waals surface area contributed by atoms with Gasteiger partial charge in [-0.2, -0.15) is 0 Å². The molecule has 0 saturated carbocycles. The Morgan fingerprint density at radius 1 is 1.21 bits per heavy atom. The van der Waals surface area contributed by atoms with Gasteiger partial charge in [0.25, 0.3) is 0 Å². The summed E-state index contributed by atoms with van der Waals surface area (Å²) in [5.74, 6) is -0.0430. The highest BCUT2D eigenvalue weighted by atomic mass is 16.1. The summed E-state index contributed by atoms with van der Waals surface area (Å²) in [6, 6.07) is 7.91. The van der Waals surface area contributed by atoms with Gasteiger partial charge in [0.05, 0.1) is 0 Å². The smallest absolute Gasteiger partial charge is 0.221 e. The van der Waals surface area contributed by atoms with E-state index < -0.39 is 0 Å². The van der Waals surface area contributed by atoms with E-state index in [9.17, 15) is 4.79 Å². The molecule has 0 atom stereocenters. The van der Waals surface area contributed by atoms with Crippen LogP contribution in [0, 0.1) is 0 Å². The van der Waals surface area contributed by atoms with Crippen molar-refractivity contribution in [3.05, 3.63) is 29.8 Å². The van der Waals surface area contributed by atoms with Crippen LogP contribution in [0.15, 0.2) is 24.3 Å². The fourth-order valence-corrected chi connectivity index (χ4v) is 1.58. The summed E-state index contributed by atoms with van der Waals surface area (Å²) in [6.45, 7) is 7.68. The minimum atomic E-state index is -0.0430. The maximum absolute atomic E-state index is 10.9. The number of nitrogens with zero attached hydrogens (tertiary/aromatic N) is 1. The van der Waals surface area contributed by atoms with E-state index in [0.717, 1.165) is 18.8 Å². The predicted octanol–water partition coefficient (Wildman–Crippen LogP) is 2.07. The molecule has 0 unspecified atom stereocenters. The Hall–Kier alpha value is -1.39. The molecule has 0 aliphatic carbocycles. The van der Waals surface area contributed by atoms with Crippen molar-refractivity contribution < 1.29 is 4.79 Å². The van der Waals surface area contributed by atoms with E-state index in [4.69, 9.17) is 0 Å². The number of carbonyl (C=O) groups excluding carboxylic acids is 1. The van der Waals surface area contributed by atoms with Crippen LogP contribution < -0.4 is 10.6 Å². The van der Waals surface area contributed by atoms with Gasteiger partial charge < -0.3 is 15.5 Å². The average molecular weight is 263 g/mol. The molecular formula is C15H25N3O. The lowest BCUT2D eigenvalue weighted by molar-refractivity contribution is -0.114.